The zero-order chi connectivity index (χ0) is 10.6. The first-order valence-electron chi connectivity index (χ1n) is 3.59. The molecule has 0 aliphatic carbocycles. The zero-order valence-corrected chi connectivity index (χ0v) is 9.30. The molecule has 0 saturated heterocycles. The molecule has 6 nitrogen and oxygen atoms in total. The number of hydrogen-bond acceptors (Lipinski definition) is 5. The standard InChI is InChI=1S/C6H6BrN3O3S/c7-2-1-4(11)9-6-8-3-5(14-6)10(12)13/h3H,1-2H2,(H,8,9,11). The SMILES string of the molecule is O=C(CCBr)Nc1ncc([N+](=O)[O-])s1. The average molecular weight is 280 g/mol. The van der Waals surface area contributed by atoms with E-state index in [0.717, 1.165) is 17.5 Å². The number of alkyl halides is 1. The van der Waals surface area contributed by atoms with Gasteiger partial charge in [0.1, 0.15) is 6.20 Å². The summed E-state index contributed by atoms with van der Waals surface area (Å²) in [6.07, 6.45) is 1.43. The van der Waals surface area contributed by atoms with E-state index in [1.807, 2.05) is 0 Å². The van der Waals surface area contributed by atoms with E-state index in [1.165, 1.54) is 0 Å². The van der Waals surface area contributed by atoms with Gasteiger partial charge >= 0.3 is 5.00 Å². The molecular formula is C6H6BrN3O3S. The van der Waals surface area contributed by atoms with Crippen LogP contribution in [0.3, 0.4) is 0 Å². The highest BCUT2D eigenvalue weighted by atomic mass is 79.9. The molecule has 1 rings (SSSR count). The molecule has 0 aliphatic heterocycles. The van der Waals surface area contributed by atoms with Gasteiger partial charge in [0.2, 0.25) is 5.91 Å². The van der Waals surface area contributed by atoms with Gasteiger partial charge in [-0.2, -0.15) is 0 Å². The van der Waals surface area contributed by atoms with Crippen molar-refractivity contribution < 1.29 is 9.72 Å². The Hall–Kier alpha value is -1.02. The van der Waals surface area contributed by atoms with Gasteiger partial charge in [0, 0.05) is 11.8 Å². The van der Waals surface area contributed by atoms with Crippen LogP contribution in [0.15, 0.2) is 6.20 Å². The molecule has 1 heterocycles. The quantitative estimate of drug-likeness (QED) is 0.517. The topological polar surface area (TPSA) is 85.1 Å². The van der Waals surface area contributed by atoms with Crippen molar-refractivity contribution in [2.45, 2.75) is 6.42 Å². The molecule has 0 aromatic carbocycles. The van der Waals surface area contributed by atoms with Crippen LogP contribution in [0.1, 0.15) is 6.42 Å². The van der Waals surface area contributed by atoms with Gasteiger partial charge in [0.05, 0.1) is 4.92 Å². The molecule has 1 N–H and O–H groups in total. The average Bonchev–Trinajstić information content (AvgIpc) is 2.53. The van der Waals surface area contributed by atoms with Crippen molar-refractivity contribution in [1.82, 2.24) is 4.98 Å². The van der Waals surface area contributed by atoms with Crippen LogP contribution >= 0.6 is 27.3 Å². The summed E-state index contributed by atoms with van der Waals surface area (Å²) in [6.45, 7) is 0. The molecular weight excluding hydrogens is 274 g/mol. The molecule has 0 aliphatic rings. The number of amides is 1. The lowest BCUT2D eigenvalue weighted by Crippen LogP contribution is -2.10. The van der Waals surface area contributed by atoms with Crippen molar-refractivity contribution in [3.8, 4) is 0 Å². The number of nitro groups is 1. The lowest BCUT2D eigenvalue weighted by molar-refractivity contribution is -0.380. The second-order valence-corrected chi connectivity index (χ2v) is 4.05. The number of aromatic nitrogens is 1. The lowest BCUT2D eigenvalue weighted by Gasteiger charge is -1.96. The summed E-state index contributed by atoms with van der Waals surface area (Å²) in [5.41, 5.74) is 0. The Labute approximate surface area is 91.6 Å². The maximum absolute atomic E-state index is 11.0. The van der Waals surface area contributed by atoms with Crippen molar-refractivity contribution in [3.63, 3.8) is 0 Å². The van der Waals surface area contributed by atoms with Gasteiger partial charge in [0.25, 0.3) is 0 Å². The summed E-state index contributed by atoms with van der Waals surface area (Å²) >= 11 is 3.94. The first-order valence-corrected chi connectivity index (χ1v) is 5.53. The third kappa shape index (κ3) is 3.04. The minimum absolute atomic E-state index is 0.0841. The largest absolute Gasteiger partial charge is 0.345 e. The molecule has 1 amide bonds. The van der Waals surface area contributed by atoms with Gasteiger partial charge in [-0.3, -0.25) is 14.9 Å². The molecule has 0 atom stereocenters. The third-order valence-electron chi connectivity index (χ3n) is 1.24. The fraction of sp³-hybridized carbons (Fsp3) is 0.333. The predicted octanol–water partition coefficient (Wildman–Crippen LogP) is 1.77. The van der Waals surface area contributed by atoms with Crippen LogP contribution < -0.4 is 5.32 Å². The van der Waals surface area contributed by atoms with E-state index >= 15 is 0 Å². The van der Waals surface area contributed by atoms with Crippen LogP contribution in [0, 0.1) is 10.1 Å². The second kappa shape index (κ2) is 5.01. The van der Waals surface area contributed by atoms with Gasteiger partial charge < -0.3 is 5.32 Å². The summed E-state index contributed by atoms with van der Waals surface area (Å²) < 4.78 is 0. The highest BCUT2D eigenvalue weighted by Crippen LogP contribution is 2.24. The van der Waals surface area contributed by atoms with E-state index < -0.39 is 4.92 Å². The first kappa shape index (κ1) is 11.1. The van der Waals surface area contributed by atoms with E-state index in [4.69, 9.17) is 0 Å². The number of anilines is 1. The minimum Gasteiger partial charge on any atom is -0.302 e. The number of halogens is 1. The number of hydrogen-bond donors (Lipinski definition) is 1. The van der Waals surface area contributed by atoms with E-state index in [9.17, 15) is 14.9 Å². The zero-order valence-electron chi connectivity index (χ0n) is 6.90. The molecule has 0 saturated carbocycles. The second-order valence-electron chi connectivity index (χ2n) is 2.25. The van der Waals surface area contributed by atoms with Crippen molar-refractivity contribution >= 4 is 43.3 Å². The summed E-state index contributed by atoms with van der Waals surface area (Å²) in [4.78, 5) is 24.5. The van der Waals surface area contributed by atoms with Gasteiger partial charge in [-0.1, -0.05) is 15.9 Å². The van der Waals surface area contributed by atoms with Gasteiger partial charge in [-0.05, 0) is 11.3 Å². The Morgan fingerprint density at radius 3 is 3.00 bits per heavy atom. The normalized spacial score (nSPS) is 9.79. The van der Waals surface area contributed by atoms with E-state index in [2.05, 4.69) is 26.2 Å². The van der Waals surface area contributed by atoms with Crippen LogP contribution in [-0.2, 0) is 4.79 Å². The number of carbonyl (C=O) groups excluding carboxylic acids is 1. The highest BCUT2D eigenvalue weighted by Gasteiger charge is 2.12. The molecule has 0 spiro atoms. The Bertz CT molecular complexity index is 354. The third-order valence-corrected chi connectivity index (χ3v) is 2.50. The van der Waals surface area contributed by atoms with Crippen molar-refractivity contribution in [2.75, 3.05) is 10.6 Å². The van der Waals surface area contributed by atoms with Crippen LogP contribution in [0.2, 0.25) is 0 Å². The van der Waals surface area contributed by atoms with Crippen molar-refractivity contribution in [2.24, 2.45) is 0 Å². The summed E-state index contributed by atoms with van der Waals surface area (Å²) in [5.74, 6) is -0.217. The fourth-order valence-corrected chi connectivity index (χ4v) is 1.68. The molecule has 0 fully saturated rings. The molecule has 1 aromatic rings. The van der Waals surface area contributed by atoms with Crippen LogP contribution in [-0.4, -0.2) is 21.1 Å². The minimum atomic E-state index is -0.544. The monoisotopic (exact) mass is 279 g/mol. The maximum atomic E-state index is 11.0. The number of rotatable bonds is 4. The number of nitrogens with zero attached hydrogens (tertiary/aromatic N) is 2. The van der Waals surface area contributed by atoms with Crippen molar-refractivity contribution in [1.29, 1.82) is 0 Å². The predicted molar refractivity (Wildman–Crippen MR) is 55.8 cm³/mol. The molecule has 0 unspecified atom stereocenters. The van der Waals surface area contributed by atoms with Gasteiger partial charge in [0.15, 0.2) is 5.13 Å². The molecule has 76 valence electrons. The van der Waals surface area contributed by atoms with E-state index in [1.54, 1.807) is 0 Å². The Balaban J connectivity index is 2.59. The molecule has 8 heteroatoms. The molecule has 1 aromatic heterocycles. The first-order chi connectivity index (χ1) is 6.63. The van der Waals surface area contributed by atoms with Crippen LogP contribution in [0.5, 0.6) is 0 Å². The molecule has 14 heavy (non-hydrogen) atoms. The molecule has 0 radical (unpaired) electrons. The molecule has 0 bridgehead atoms. The number of carbonyl (C=O) groups is 1. The van der Waals surface area contributed by atoms with Gasteiger partial charge in [-0.25, -0.2) is 4.98 Å². The Morgan fingerprint density at radius 2 is 2.50 bits per heavy atom. The number of thiazole rings is 1. The summed E-state index contributed by atoms with van der Waals surface area (Å²) in [5, 5.41) is 13.4. The summed E-state index contributed by atoms with van der Waals surface area (Å²) in [7, 11) is 0. The Kier molecular flexibility index (Phi) is 3.96. The van der Waals surface area contributed by atoms with Gasteiger partial charge in [-0.15, -0.1) is 0 Å². The number of nitrogens with one attached hydrogen (secondary N) is 1. The van der Waals surface area contributed by atoms with E-state index in [-0.39, 0.29) is 16.0 Å². The van der Waals surface area contributed by atoms with Crippen LogP contribution in [0.4, 0.5) is 10.1 Å². The van der Waals surface area contributed by atoms with E-state index in [0.29, 0.717) is 11.8 Å². The van der Waals surface area contributed by atoms with Crippen molar-refractivity contribution in [3.05, 3.63) is 16.3 Å². The lowest BCUT2D eigenvalue weighted by atomic mass is 10.5. The smallest absolute Gasteiger partial charge is 0.302 e. The van der Waals surface area contributed by atoms with Crippen LogP contribution in [0.25, 0.3) is 0 Å². The Morgan fingerprint density at radius 1 is 1.79 bits per heavy atom. The maximum Gasteiger partial charge on any atom is 0.345 e. The summed E-state index contributed by atoms with van der Waals surface area (Å²) in [6, 6.07) is 0. The highest BCUT2D eigenvalue weighted by molar-refractivity contribution is 9.09. The fourth-order valence-electron chi connectivity index (χ4n) is 0.675.